The fourth-order valence-electron chi connectivity index (χ4n) is 1.51. The Kier molecular flexibility index (Phi) is 3.43. The van der Waals surface area contributed by atoms with Crippen molar-refractivity contribution in [2.45, 2.75) is 6.54 Å². The lowest BCUT2D eigenvalue weighted by molar-refractivity contribution is 0.0698. The van der Waals surface area contributed by atoms with Gasteiger partial charge >= 0.3 is 5.97 Å². The summed E-state index contributed by atoms with van der Waals surface area (Å²) in [7, 11) is 0. The molecule has 18 heavy (non-hydrogen) atoms. The first-order valence-corrected chi connectivity index (χ1v) is 5.54. The lowest BCUT2D eigenvalue weighted by atomic mass is 10.1. The van der Waals surface area contributed by atoms with Crippen molar-refractivity contribution in [1.82, 2.24) is 0 Å². The summed E-state index contributed by atoms with van der Waals surface area (Å²) in [5.74, 6) is -0.375. The Balaban J connectivity index is 2.25. The van der Waals surface area contributed by atoms with Crippen molar-refractivity contribution in [1.29, 1.82) is 0 Å². The van der Waals surface area contributed by atoms with Crippen LogP contribution in [0.25, 0.3) is 0 Å². The minimum atomic E-state index is -1.07. The van der Waals surface area contributed by atoms with Gasteiger partial charge in [-0.1, -0.05) is 11.6 Å². The van der Waals surface area contributed by atoms with E-state index in [0.29, 0.717) is 23.0 Å². The van der Waals surface area contributed by atoms with Gasteiger partial charge < -0.3 is 20.6 Å². The Morgan fingerprint density at radius 2 is 2.28 bits per heavy atom. The van der Waals surface area contributed by atoms with Crippen molar-refractivity contribution in [3.63, 3.8) is 0 Å². The second kappa shape index (κ2) is 5.01. The molecule has 0 atom stereocenters. The molecule has 2 aromatic rings. The number of furan rings is 1. The number of nitrogens with two attached hydrogens (primary N) is 1. The maximum absolute atomic E-state index is 11.1. The van der Waals surface area contributed by atoms with Gasteiger partial charge in [-0.3, -0.25) is 0 Å². The number of rotatable bonds is 4. The van der Waals surface area contributed by atoms with Gasteiger partial charge in [0, 0.05) is 0 Å². The summed E-state index contributed by atoms with van der Waals surface area (Å²) in [5.41, 5.74) is 6.28. The Hall–Kier alpha value is -2.14. The monoisotopic (exact) mass is 266 g/mol. The highest BCUT2D eigenvalue weighted by atomic mass is 35.5. The van der Waals surface area contributed by atoms with Crippen LogP contribution in [0.1, 0.15) is 16.1 Å². The first kappa shape index (κ1) is 12.3. The van der Waals surface area contributed by atoms with E-state index in [1.165, 1.54) is 12.1 Å². The number of hydrogen-bond acceptors (Lipinski definition) is 4. The van der Waals surface area contributed by atoms with Gasteiger partial charge in [-0.2, -0.15) is 0 Å². The molecule has 0 saturated heterocycles. The van der Waals surface area contributed by atoms with Gasteiger partial charge in [0.25, 0.3) is 0 Å². The Morgan fingerprint density at radius 3 is 2.89 bits per heavy atom. The number of carboxylic acids is 1. The molecule has 0 aliphatic rings. The number of nitrogen functional groups attached to an aromatic ring is 1. The molecule has 4 N–H and O–H groups in total. The SMILES string of the molecule is Nc1cc(C(=O)O)c(NCc2ccco2)cc1Cl. The van der Waals surface area contributed by atoms with Crippen LogP contribution in [0, 0.1) is 0 Å². The molecule has 2 rings (SSSR count). The number of hydrogen-bond donors (Lipinski definition) is 3. The van der Waals surface area contributed by atoms with Gasteiger partial charge in [-0.25, -0.2) is 4.79 Å². The summed E-state index contributed by atoms with van der Waals surface area (Å²) in [6.45, 7) is 0.369. The highest BCUT2D eigenvalue weighted by Gasteiger charge is 2.13. The van der Waals surface area contributed by atoms with Crippen LogP contribution >= 0.6 is 11.6 Å². The molecular weight excluding hydrogens is 256 g/mol. The van der Waals surface area contributed by atoms with Crippen molar-refractivity contribution < 1.29 is 14.3 Å². The molecule has 0 amide bonds. The van der Waals surface area contributed by atoms with E-state index in [2.05, 4.69) is 5.32 Å². The molecule has 94 valence electrons. The van der Waals surface area contributed by atoms with Crippen LogP contribution in [0.3, 0.4) is 0 Å². The average Bonchev–Trinajstić information content (AvgIpc) is 2.83. The van der Waals surface area contributed by atoms with Crippen molar-refractivity contribution in [3.8, 4) is 0 Å². The average molecular weight is 267 g/mol. The molecular formula is C12H11ClN2O3. The van der Waals surface area contributed by atoms with E-state index in [1.54, 1.807) is 18.4 Å². The minimum Gasteiger partial charge on any atom is -0.478 e. The van der Waals surface area contributed by atoms with Crippen LogP contribution in [0.4, 0.5) is 11.4 Å². The van der Waals surface area contributed by atoms with Crippen molar-refractivity contribution in [2.24, 2.45) is 0 Å². The highest BCUT2D eigenvalue weighted by molar-refractivity contribution is 6.33. The number of carboxylic acid groups (broad SMARTS) is 1. The molecule has 6 heteroatoms. The molecule has 0 saturated carbocycles. The van der Waals surface area contributed by atoms with Crippen LogP contribution in [-0.4, -0.2) is 11.1 Å². The quantitative estimate of drug-likeness (QED) is 0.741. The van der Waals surface area contributed by atoms with Crippen LogP contribution in [-0.2, 0) is 6.54 Å². The van der Waals surface area contributed by atoms with Gasteiger partial charge in [0.05, 0.1) is 34.8 Å². The molecule has 5 nitrogen and oxygen atoms in total. The first-order chi connectivity index (χ1) is 8.58. The predicted molar refractivity (Wildman–Crippen MR) is 68.9 cm³/mol. The van der Waals surface area contributed by atoms with Gasteiger partial charge in [0.2, 0.25) is 0 Å². The lowest BCUT2D eigenvalue weighted by Gasteiger charge is -2.10. The Morgan fingerprint density at radius 1 is 1.50 bits per heavy atom. The largest absolute Gasteiger partial charge is 0.478 e. The summed E-state index contributed by atoms with van der Waals surface area (Å²) in [4.78, 5) is 11.1. The van der Waals surface area contributed by atoms with E-state index in [-0.39, 0.29) is 11.3 Å². The van der Waals surface area contributed by atoms with E-state index in [9.17, 15) is 4.79 Å². The number of aromatic carboxylic acids is 1. The van der Waals surface area contributed by atoms with Gasteiger partial charge in [-0.15, -0.1) is 0 Å². The number of anilines is 2. The molecule has 0 fully saturated rings. The fourth-order valence-corrected chi connectivity index (χ4v) is 1.67. The van der Waals surface area contributed by atoms with E-state index in [1.807, 2.05) is 0 Å². The standard InChI is InChI=1S/C12H11ClN2O3/c13-9-5-11(8(12(16)17)4-10(9)14)15-6-7-2-1-3-18-7/h1-5,15H,6,14H2,(H,16,17). The molecule has 1 aromatic heterocycles. The Labute approximate surface area is 108 Å². The van der Waals surface area contributed by atoms with E-state index >= 15 is 0 Å². The maximum Gasteiger partial charge on any atom is 0.337 e. The normalized spacial score (nSPS) is 10.3. The number of carbonyl (C=O) groups is 1. The Bertz CT molecular complexity index is 567. The van der Waals surface area contributed by atoms with Gasteiger partial charge in [0.15, 0.2) is 0 Å². The molecule has 0 radical (unpaired) electrons. The summed E-state index contributed by atoms with van der Waals surface area (Å²) in [6.07, 6.45) is 1.55. The number of nitrogens with one attached hydrogen (secondary N) is 1. The fraction of sp³-hybridized carbons (Fsp3) is 0.0833. The summed E-state index contributed by atoms with van der Waals surface area (Å²) in [5, 5.41) is 12.3. The zero-order valence-electron chi connectivity index (χ0n) is 9.31. The lowest BCUT2D eigenvalue weighted by Crippen LogP contribution is -2.07. The van der Waals surface area contributed by atoms with Crippen molar-refractivity contribution in [2.75, 3.05) is 11.1 Å². The maximum atomic E-state index is 11.1. The molecule has 0 spiro atoms. The van der Waals surface area contributed by atoms with E-state index in [0.717, 1.165) is 0 Å². The molecule has 0 bridgehead atoms. The molecule has 0 aliphatic carbocycles. The highest BCUT2D eigenvalue weighted by Crippen LogP contribution is 2.27. The summed E-state index contributed by atoms with van der Waals surface area (Å²) >= 11 is 5.87. The third-order valence-corrected chi connectivity index (χ3v) is 2.73. The second-order valence-corrected chi connectivity index (χ2v) is 4.06. The molecule has 0 unspecified atom stereocenters. The van der Waals surface area contributed by atoms with Crippen LogP contribution in [0.5, 0.6) is 0 Å². The minimum absolute atomic E-state index is 0.0726. The predicted octanol–water partition coefficient (Wildman–Crippen LogP) is 2.83. The summed E-state index contributed by atoms with van der Waals surface area (Å²) < 4.78 is 5.14. The zero-order chi connectivity index (χ0) is 13.1. The zero-order valence-corrected chi connectivity index (χ0v) is 10.1. The topological polar surface area (TPSA) is 88.5 Å². The van der Waals surface area contributed by atoms with Gasteiger partial charge in [-0.05, 0) is 24.3 Å². The van der Waals surface area contributed by atoms with Crippen molar-refractivity contribution in [3.05, 3.63) is 46.9 Å². The molecule has 1 aromatic carbocycles. The molecule has 1 heterocycles. The molecule has 0 aliphatic heterocycles. The van der Waals surface area contributed by atoms with E-state index in [4.69, 9.17) is 26.9 Å². The number of halogens is 1. The third kappa shape index (κ3) is 2.57. The van der Waals surface area contributed by atoms with E-state index < -0.39 is 5.97 Å². The first-order valence-electron chi connectivity index (χ1n) is 5.16. The summed E-state index contributed by atoms with van der Waals surface area (Å²) in [6, 6.07) is 6.36. The third-order valence-electron chi connectivity index (χ3n) is 2.40. The smallest absolute Gasteiger partial charge is 0.337 e. The van der Waals surface area contributed by atoms with Crippen LogP contribution < -0.4 is 11.1 Å². The van der Waals surface area contributed by atoms with Crippen molar-refractivity contribution >= 4 is 28.9 Å². The van der Waals surface area contributed by atoms with Gasteiger partial charge in [0.1, 0.15) is 5.76 Å². The second-order valence-electron chi connectivity index (χ2n) is 3.66. The number of benzene rings is 1. The van der Waals surface area contributed by atoms with Crippen LogP contribution in [0.2, 0.25) is 5.02 Å². The van der Waals surface area contributed by atoms with Crippen LogP contribution in [0.15, 0.2) is 34.9 Å².